The van der Waals surface area contributed by atoms with E-state index in [4.69, 9.17) is 4.74 Å². The molecule has 0 aliphatic carbocycles. The van der Waals surface area contributed by atoms with Crippen molar-refractivity contribution >= 4 is 22.5 Å². The summed E-state index contributed by atoms with van der Waals surface area (Å²) < 4.78 is 19.7. The van der Waals surface area contributed by atoms with Crippen LogP contribution < -0.4 is 10.9 Å². The summed E-state index contributed by atoms with van der Waals surface area (Å²) in [5.74, 6) is -1.07. The van der Waals surface area contributed by atoms with Crippen molar-refractivity contribution < 1.29 is 13.9 Å². The second kappa shape index (κ2) is 6.45. The average molecular weight is 319 g/mol. The van der Waals surface area contributed by atoms with Gasteiger partial charge in [-0.05, 0) is 25.3 Å². The minimum Gasteiger partial charge on any atom is -0.378 e. The number of H-pyrrole nitrogens is 1. The zero-order valence-electron chi connectivity index (χ0n) is 12.8. The van der Waals surface area contributed by atoms with Gasteiger partial charge in [-0.3, -0.25) is 9.59 Å². The molecule has 0 saturated carbocycles. The Kier molecular flexibility index (Phi) is 4.38. The van der Waals surface area contributed by atoms with Crippen molar-refractivity contribution in [3.63, 3.8) is 0 Å². The Hall–Kier alpha value is -2.28. The number of benzene rings is 1. The Morgan fingerprint density at radius 2 is 2.35 bits per heavy atom. The smallest absolute Gasteiger partial charge is 0.258 e. The molecular weight excluding hydrogens is 301 g/mol. The number of nitrogens with zero attached hydrogens (tertiary/aromatic N) is 1. The van der Waals surface area contributed by atoms with Crippen molar-refractivity contribution in [2.24, 2.45) is 5.92 Å². The van der Waals surface area contributed by atoms with Crippen LogP contribution in [-0.4, -0.2) is 28.6 Å². The largest absolute Gasteiger partial charge is 0.378 e. The van der Waals surface area contributed by atoms with Crippen molar-refractivity contribution in [2.45, 2.75) is 32.3 Å². The van der Waals surface area contributed by atoms with Gasteiger partial charge in [0.2, 0.25) is 5.91 Å². The third-order valence-corrected chi connectivity index (χ3v) is 4.18. The van der Waals surface area contributed by atoms with Gasteiger partial charge in [-0.2, -0.15) is 0 Å². The lowest BCUT2D eigenvalue weighted by atomic mass is 9.93. The number of aromatic nitrogens is 2. The zero-order chi connectivity index (χ0) is 16.4. The summed E-state index contributed by atoms with van der Waals surface area (Å²) in [5, 5.41) is 2.83. The molecule has 0 spiro atoms. The highest BCUT2D eigenvalue weighted by atomic mass is 19.1. The Balaban J connectivity index is 1.83. The second-order valence-electron chi connectivity index (χ2n) is 5.69. The summed E-state index contributed by atoms with van der Waals surface area (Å²) in [6.45, 7) is 2.54. The molecule has 1 aliphatic rings. The van der Waals surface area contributed by atoms with E-state index in [0.717, 1.165) is 12.5 Å². The lowest BCUT2D eigenvalue weighted by Gasteiger charge is -2.28. The quantitative estimate of drug-likeness (QED) is 0.908. The van der Waals surface area contributed by atoms with Crippen molar-refractivity contribution in [3.05, 3.63) is 34.6 Å². The number of hydrogen-bond donors (Lipinski definition) is 2. The van der Waals surface area contributed by atoms with E-state index in [1.165, 1.54) is 12.4 Å². The number of ether oxygens (including phenoxy) is 1. The highest BCUT2D eigenvalue weighted by Crippen LogP contribution is 2.25. The van der Waals surface area contributed by atoms with Crippen molar-refractivity contribution in [1.29, 1.82) is 0 Å². The van der Waals surface area contributed by atoms with Gasteiger partial charge in [0.1, 0.15) is 5.82 Å². The number of aromatic amines is 1. The number of hydrogen-bond acceptors (Lipinski definition) is 4. The molecule has 1 amide bonds. The predicted octanol–water partition coefficient (Wildman–Crippen LogP) is 2.21. The minimum atomic E-state index is -0.608. The van der Waals surface area contributed by atoms with Gasteiger partial charge in [-0.25, -0.2) is 9.37 Å². The SMILES string of the molecule is CCC1CC(C(=O)Nc2cc3c(=O)[nH]cnc3cc2F)CCO1. The molecule has 1 aromatic carbocycles. The summed E-state index contributed by atoms with van der Waals surface area (Å²) in [4.78, 5) is 30.5. The first-order valence-corrected chi connectivity index (χ1v) is 7.68. The maximum Gasteiger partial charge on any atom is 0.258 e. The number of carbonyl (C=O) groups excluding carboxylic acids is 1. The van der Waals surface area contributed by atoms with E-state index in [2.05, 4.69) is 15.3 Å². The maximum atomic E-state index is 14.1. The summed E-state index contributed by atoms with van der Waals surface area (Å²) in [5.41, 5.74) is -0.121. The van der Waals surface area contributed by atoms with E-state index in [1.807, 2.05) is 6.92 Å². The van der Waals surface area contributed by atoms with Gasteiger partial charge in [0.05, 0.1) is 29.0 Å². The number of anilines is 1. The van der Waals surface area contributed by atoms with Crippen LogP contribution >= 0.6 is 0 Å². The summed E-state index contributed by atoms with van der Waals surface area (Å²) >= 11 is 0. The first-order valence-electron chi connectivity index (χ1n) is 7.68. The lowest BCUT2D eigenvalue weighted by Crippen LogP contribution is -2.33. The lowest BCUT2D eigenvalue weighted by molar-refractivity contribution is -0.124. The molecule has 2 aromatic rings. The van der Waals surface area contributed by atoms with E-state index in [0.29, 0.717) is 19.4 Å². The molecule has 3 rings (SSSR count). The van der Waals surface area contributed by atoms with Gasteiger partial charge in [0, 0.05) is 18.6 Å². The fraction of sp³-hybridized carbons (Fsp3) is 0.438. The standard InChI is InChI=1S/C16H18FN3O3/c1-2-10-5-9(3-4-23-10)15(21)20-14-6-11-13(7-12(14)17)18-8-19-16(11)22/h6-10H,2-5H2,1H3,(H,20,21)(H,18,19,22). The van der Waals surface area contributed by atoms with E-state index < -0.39 is 5.82 Å². The molecule has 23 heavy (non-hydrogen) atoms. The molecule has 2 atom stereocenters. The third-order valence-electron chi connectivity index (χ3n) is 4.18. The molecule has 1 saturated heterocycles. The van der Waals surface area contributed by atoms with Crippen molar-refractivity contribution in [2.75, 3.05) is 11.9 Å². The highest BCUT2D eigenvalue weighted by Gasteiger charge is 2.27. The van der Waals surface area contributed by atoms with Crippen LogP contribution in [0.5, 0.6) is 0 Å². The summed E-state index contributed by atoms with van der Waals surface area (Å²) in [7, 11) is 0. The molecule has 7 heteroatoms. The Bertz CT molecular complexity index is 790. The van der Waals surface area contributed by atoms with Gasteiger partial charge in [0.25, 0.3) is 5.56 Å². The number of rotatable bonds is 3. The van der Waals surface area contributed by atoms with Crippen molar-refractivity contribution in [3.8, 4) is 0 Å². The minimum absolute atomic E-state index is 0.000500. The Morgan fingerprint density at radius 1 is 1.52 bits per heavy atom. The van der Waals surface area contributed by atoms with Gasteiger partial charge < -0.3 is 15.0 Å². The van der Waals surface area contributed by atoms with Crippen LogP contribution in [0.25, 0.3) is 10.9 Å². The van der Waals surface area contributed by atoms with Crippen LogP contribution in [0, 0.1) is 11.7 Å². The van der Waals surface area contributed by atoms with E-state index in [-0.39, 0.29) is 40.1 Å². The van der Waals surface area contributed by atoms with E-state index in [9.17, 15) is 14.0 Å². The molecule has 6 nitrogen and oxygen atoms in total. The molecule has 122 valence electrons. The highest BCUT2D eigenvalue weighted by molar-refractivity contribution is 5.95. The number of amides is 1. The van der Waals surface area contributed by atoms with E-state index in [1.54, 1.807) is 0 Å². The van der Waals surface area contributed by atoms with Crippen molar-refractivity contribution in [1.82, 2.24) is 9.97 Å². The molecule has 2 N–H and O–H groups in total. The summed E-state index contributed by atoms with van der Waals surface area (Å²) in [6, 6.07) is 2.48. The van der Waals surface area contributed by atoms with Gasteiger partial charge in [0.15, 0.2) is 0 Å². The number of carbonyl (C=O) groups is 1. The van der Waals surface area contributed by atoms with Gasteiger partial charge in [-0.15, -0.1) is 0 Å². The number of halogens is 1. The second-order valence-corrected chi connectivity index (χ2v) is 5.69. The predicted molar refractivity (Wildman–Crippen MR) is 83.7 cm³/mol. The monoisotopic (exact) mass is 319 g/mol. The first kappa shape index (κ1) is 15.6. The molecule has 1 aliphatic heterocycles. The molecule has 0 radical (unpaired) electrons. The van der Waals surface area contributed by atoms with Crippen LogP contribution in [0.1, 0.15) is 26.2 Å². The average Bonchev–Trinajstić information content (AvgIpc) is 2.56. The molecular formula is C16H18FN3O3. The zero-order valence-corrected chi connectivity index (χ0v) is 12.8. The molecule has 2 heterocycles. The van der Waals surface area contributed by atoms with Crippen LogP contribution in [-0.2, 0) is 9.53 Å². The van der Waals surface area contributed by atoms with Crippen LogP contribution in [0.15, 0.2) is 23.3 Å². The van der Waals surface area contributed by atoms with Crippen LogP contribution in [0.4, 0.5) is 10.1 Å². The Labute approximate surface area is 132 Å². The van der Waals surface area contributed by atoms with E-state index >= 15 is 0 Å². The van der Waals surface area contributed by atoms with Gasteiger partial charge >= 0.3 is 0 Å². The number of nitrogens with one attached hydrogen (secondary N) is 2. The maximum absolute atomic E-state index is 14.1. The topological polar surface area (TPSA) is 84.1 Å². The third kappa shape index (κ3) is 3.24. The van der Waals surface area contributed by atoms with Crippen LogP contribution in [0.3, 0.4) is 0 Å². The van der Waals surface area contributed by atoms with Gasteiger partial charge in [-0.1, -0.05) is 6.92 Å². The normalized spacial score (nSPS) is 21.3. The molecule has 0 bridgehead atoms. The first-order chi connectivity index (χ1) is 11.1. The fourth-order valence-corrected chi connectivity index (χ4v) is 2.82. The molecule has 1 fully saturated rings. The molecule has 2 unspecified atom stereocenters. The number of fused-ring (bicyclic) bond motifs is 1. The summed E-state index contributed by atoms with van der Waals surface area (Å²) in [6.07, 6.45) is 3.36. The van der Waals surface area contributed by atoms with Crippen LogP contribution in [0.2, 0.25) is 0 Å². The Morgan fingerprint density at radius 3 is 3.13 bits per heavy atom. The fourth-order valence-electron chi connectivity index (χ4n) is 2.82. The molecule has 1 aromatic heterocycles.